The van der Waals surface area contributed by atoms with Crippen LogP contribution in [0.5, 0.6) is 0 Å². The van der Waals surface area contributed by atoms with Crippen LogP contribution in [-0.4, -0.2) is 111 Å². The van der Waals surface area contributed by atoms with Gasteiger partial charge in [-0.05, 0) is 180 Å². The number of rotatable bonds is 93. The first kappa shape index (κ1) is 107. The highest BCUT2D eigenvalue weighted by Gasteiger charge is 2.69. The number of carbonyl (C=O) groups excluding carboxylic acids is 3. The lowest BCUT2D eigenvalue weighted by Crippen LogP contribution is -2.67. The van der Waals surface area contributed by atoms with E-state index in [1.807, 2.05) is 0 Å². The lowest BCUT2D eigenvalue weighted by molar-refractivity contribution is -0.188. The Hall–Kier alpha value is -1.71. The molecule has 0 unspecified atom stereocenters. The number of unbranched alkanes of at least 4 members (excludes halogenated alkanes) is 66. The molecule has 0 atom stereocenters. The molecule has 9 heteroatoms. The van der Waals surface area contributed by atoms with Crippen LogP contribution in [-0.2, 0) is 14.4 Å². The smallest absolute Gasteiger partial charge is 0.226 e. The van der Waals surface area contributed by atoms with E-state index >= 15 is 14.4 Å². The average molecular weight is 1610 g/mol. The Kier molecular flexibility index (Phi) is 73.2. The molecule has 0 aromatic heterocycles. The number of amides is 3. The van der Waals surface area contributed by atoms with E-state index in [-0.39, 0.29) is 23.6 Å². The quantitative estimate of drug-likeness (QED) is 0.0525. The average Bonchev–Trinajstić information content (AvgIpc) is 0.690. The van der Waals surface area contributed by atoms with E-state index in [0.717, 1.165) is 57.8 Å². The molecule has 0 aromatic carbocycles. The second kappa shape index (κ2) is 78.3. The SMILES string of the molecule is CCCCCCCCCCCCN(CCCCCCCCCCCC)CCCCCCCNC(=O)C12CC3CC(C(=O)NCCCCCCCN(CCCCCCCCCCCC)CCCCCCCCCCCC)(C1)CC(C(=O)NCCCCCCCN(CCCCCCCCCCCC)CCCCCCCCCCCC)(C3)C2. The zero-order valence-electron chi connectivity index (χ0n) is 79.4. The van der Waals surface area contributed by atoms with Crippen molar-refractivity contribution in [2.24, 2.45) is 22.2 Å². The van der Waals surface area contributed by atoms with E-state index in [1.165, 1.54) is 502 Å². The van der Waals surface area contributed by atoms with Crippen LogP contribution in [0.4, 0.5) is 0 Å². The van der Waals surface area contributed by atoms with Gasteiger partial charge in [-0.1, -0.05) is 446 Å². The molecule has 4 aliphatic carbocycles. The normalized spacial score (nSPS) is 17.9. The van der Waals surface area contributed by atoms with E-state index in [0.29, 0.717) is 38.9 Å². The third-order valence-corrected chi connectivity index (χ3v) is 28.3. The first-order chi connectivity index (χ1) is 56.6. The first-order valence-electron chi connectivity index (χ1n) is 53.7. The van der Waals surface area contributed by atoms with Crippen LogP contribution in [0.2, 0.25) is 0 Å². The van der Waals surface area contributed by atoms with E-state index in [2.05, 4.69) is 72.2 Å². The standard InChI is InChI=1S/C106H208N6O3/c1-7-13-19-25-31-37-43-49-61-73-85-110(86-74-62-50-44-38-32-26-20-14-8-2)91-79-67-55-58-70-82-107-101(113)104-94-100-95-105(97-104,102(114)108-83-71-59-56-68-80-92-111(87-75-63-51-45-39-33-27-21-15-9-3)88-76-64-52-46-40-34-28-22-16-10-4)99-106(96-100,98-104)103(115)109-84-72-60-57-69-81-93-112(89-77-65-53-47-41-35-29-23-17-11-5)90-78-66-54-48-42-36-30-24-18-12-6/h100H,7-99H2,1-6H3,(H,107,113)(H,108,114)(H,109,115). The molecular weight excluding hydrogens is 1410 g/mol. The van der Waals surface area contributed by atoms with Gasteiger partial charge < -0.3 is 30.7 Å². The van der Waals surface area contributed by atoms with Crippen LogP contribution in [0.15, 0.2) is 0 Å². The van der Waals surface area contributed by atoms with Gasteiger partial charge in [-0.25, -0.2) is 0 Å². The van der Waals surface area contributed by atoms with Gasteiger partial charge in [0.15, 0.2) is 0 Å². The van der Waals surface area contributed by atoms with E-state index in [1.54, 1.807) is 0 Å². The molecule has 4 fully saturated rings. The fraction of sp³-hybridized carbons (Fsp3) is 0.972. The maximum Gasteiger partial charge on any atom is 0.226 e. The molecule has 4 aliphatic rings. The highest BCUT2D eigenvalue weighted by Crippen LogP contribution is 2.70. The van der Waals surface area contributed by atoms with E-state index in [9.17, 15) is 0 Å². The second-order valence-corrected chi connectivity index (χ2v) is 39.5. The summed E-state index contributed by atoms with van der Waals surface area (Å²) in [7, 11) is 0. The van der Waals surface area contributed by atoms with E-state index < -0.39 is 16.2 Å². The molecule has 0 aliphatic heterocycles. The molecule has 4 saturated carbocycles. The second-order valence-electron chi connectivity index (χ2n) is 39.5. The molecule has 0 radical (unpaired) electrons. The van der Waals surface area contributed by atoms with E-state index in [4.69, 9.17) is 0 Å². The summed E-state index contributed by atoms with van der Waals surface area (Å²) in [5.41, 5.74) is -1.99. The van der Waals surface area contributed by atoms with Crippen LogP contribution in [0.25, 0.3) is 0 Å². The van der Waals surface area contributed by atoms with Crippen LogP contribution in [0, 0.1) is 22.2 Å². The van der Waals surface area contributed by atoms with Crippen molar-refractivity contribution in [1.29, 1.82) is 0 Å². The molecule has 4 bridgehead atoms. The molecule has 0 heterocycles. The number of nitrogens with zero attached hydrogens (tertiary/aromatic N) is 3. The summed E-state index contributed by atoms with van der Waals surface area (Å²) in [6.07, 6.45) is 106. The summed E-state index contributed by atoms with van der Waals surface area (Å²) in [6.45, 7) is 27.3. The van der Waals surface area contributed by atoms with Crippen LogP contribution in [0.1, 0.15) is 562 Å². The highest BCUT2D eigenvalue weighted by atomic mass is 16.2. The summed E-state index contributed by atoms with van der Waals surface area (Å²) < 4.78 is 0. The van der Waals surface area contributed by atoms with Crippen LogP contribution in [0.3, 0.4) is 0 Å². The molecule has 3 N–H and O–H groups in total. The van der Waals surface area contributed by atoms with Crippen LogP contribution >= 0.6 is 0 Å². The Morgan fingerprint density at radius 1 is 0.191 bits per heavy atom. The Balaban J connectivity index is 1.58. The van der Waals surface area contributed by atoms with Crippen molar-refractivity contribution in [3.63, 3.8) is 0 Å². The fourth-order valence-corrected chi connectivity index (χ4v) is 21.3. The number of hydrogen-bond donors (Lipinski definition) is 3. The van der Waals surface area contributed by atoms with Crippen molar-refractivity contribution < 1.29 is 14.4 Å². The predicted molar refractivity (Wildman–Crippen MR) is 507 cm³/mol. The van der Waals surface area contributed by atoms with Crippen molar-refractivity contribution in [2.75, 3.05) is 78.5 Å². The van der Waals surface area contributed by atoms with Crippen molar-refractivity contribution in [3.05, 3.63) is 0 Å². The molecule has 3 amide bonds. The van der Waals surface area contributed by atoms with Gasteiger partial charge in [-0.2, -0.15) is 0 Å². The lowest BCUT2D eigenvalue weighted by atomic mass is 9.39. The minimum Gasteiger partial charge on any atom is -0.356 e. The maximum absolute atomic E-state index is 15.1. The highest BCUT2D eigenvalue weighted by molar-refractivity contribution is 5.92. The summed E-state index contributed by atoms with van der Waals surface area (Å²) >= 11 is 0. The molecule has 0 saturated heterocycles. The van der Waals surface area contributed by atoms with Gasteiger partial charge in [-0.3, -0.25) is 14.4 Å². The summed E-state index contributed by atoms with van der Waals surface area (Å²) in [5, 5.41) is 10.6. The zero-order chi connectivity index (χ0) is 82.4. The largest absolute Gasteiger partial charge is 0.356 e. The van der Waals surface area contributed by atoms with Gasteiger partial charge in [0.25, 0.3) is 0 Å². The summed E-state index contributed by atoms with van der Waals surface area (Å²) in [6, 6.07) is 0. The molecule has 680 valence electrons. The van der Waals surface area contributed by atoms with Gasteiger partial charge in [0.1, 0.15) is 0 Å². The number of carbonyl (C=O) groups is 3. The summed E-state index contributed by atoms with van der Waals surface area (Å²) in [5.74, 6) is 0.628. The minimum absolute atomic E-state index is 0.136. The van der Waals surface area contributed by atoms with Crippen molar-refractivity contribution in [1.82, 2.24) is 30.7 Å². The Morgan fingerprint density at radius 2 is 0.313 bits per heavy atom. The Bertz CT molecular complexity index is 1790. The minimum atomic E-state index is -0.663. The first-order valence-corrected chi connectivity index (χ1v) is 53.7. The third-order valence-electron chi connectivity index (χ3n) is 28.3. The molecule has 9 nitrogen and oxygen atoms in total. The van der Waals surface area contributed by atoms with Gasteiger partial charge in [-0.15, -0.1) is 0 Å². The topological polar surface area (TPSA) is 97.0 Å². The van der Waals surface area contributed by atoms with Gasteiger partial charge in [0.2, 0.25) is 17.7 Å². The van der Waals surface area contributed by atoms with Gasteiger partial charge in [0.05, 0.1) is 16.2 Å². The van der Waals surface area contributed by atoms with Crippen LogP contribution < -0.4 is 16.0 Å². The number of hydrogen-bond acceptors (Lipinski definition) is 6. The molecule has 4 rings (SSSR count). The lowest BCUT2D eigenvalue weighted by Gasteiger charge is -2.64. The fourth-order valence-electron chi connectivity index (χ4n) is 21.3. The molecule has 115 heavy (non-hydrogen) atoms. The monoisotopic (exact) mass is 1610 g/mol. The Labute approximate surface area is 720 Å². The van der Waals surface area contributed by atoms with Crippen molar-refractivity contribution in [3.8, 4) is 0 Å². The molecule has 0 spiro atoms. The Morgan fingerprint density at radius 3 is 0.452 bits per heavy atom. The van der Waals surface area contributed by atoms with Gasteiger partial charge >= 0.3 is 0 Å². The van der Waals surface area contributed by atoms with Gasteiger partial charge in [0, 0.05) is 19.6 Å². The maximum atomic E-state index is 15.1. The summed E-state index contributed by atoms with van der Waals surface area (Å²) in [4.78, 5) is 53.7. The third kappa shape index (κ3) is 57.4. The zero-order valence-corrected chi connectivity index (χ0v) is 79.4. The number of nitrogens with one attached hydrogen (secondary N) is 3. The molecule has 0 aromatic rings. The van der Waals surface area contributed by atoms with Crippen molar-refractivity contribution in [2.45, 2.75) is 562 Å². The van der Waals surface area contributed by atoms with Crippen molar-refractivity contribution >= 4 is 17.7 Å². The predicted octanol–water partition coefficient (Wildman–Crippen LogP) is 31.6. The molecular formula is C106H208N6O3.